The van der Waals surface area contributed by atoms with Crippen LogP contribution in [0, 0.1) is 5.41 Å². The second-order valence-electron chi connectivity index (χ2n) is 1.48. The Morgan fingerprint density at radius 1 is 1.70 bits per heavy atom. The summed E-state index contributed by atoms with van der Waals surface area (Å²) in [6, 6.07) is 0. The van der Waals surface area contributed by atoms with Gasteiger partial charge < -0.3 is 16.2 Å². The van der Waals surface area contributed by atoms with Gasteiger partial charge in [0.05, 0.1) is 6.42 Å². The monoisotopic (exact) mass is 341 g/mol. The van der Waals surface area contributed by atoms with Crippen molar-refractivity contribution in [2.24, 2.45) is 5.73 Å². The number of nitrogens with two attached hydrogens (primary N) is 1. The molecule has 0 unspecified atom stereocenters. The Morgan fingerprint density at radius 3 is 2.50 bits per heavy atom. The predicted molar refractivity (Wildman–Crippen MR) is 40.7 cm³/mol. The van der Waals surface area contributed by atoms with Gasteiger partial charge in [0.2, 0.25) is 0 Å². The minimum atomic E-state index is -0.899. The Labute approximate surface area is 78.6 Å². The molecule has 0 amide bonds. The summed E-state index contributed by atoms with van der Waals surface area (Å²) in [4.78, 5) is 9.83. The molecule has 58 valence electrons. The van der Waals surface area contributed by atoms with Gasteiger partial charge in [-0.15, -0.1) is 0 Å². The number of nitrogens with one attached hydrogen (secondary N) is 2. The second-order valence-corrected chi connectivity index (χ2v) is 1.48. The van der Waals surface area contributed by atoms with Gasteiger partial charge in [-0.1, -0.05) is 0 Å². The molecule has 0 aromatic carbocycles. The molecule has 10 heavy (non-hydrogen) atoms. The number of carboxylic acids is 1. The quantitative estimate of drug-likeness (QED) is 0.272. The Kier molecular flexibility index (Phi) is 8.37. The molecule has 0 aliphatic carbocycles. The van der Waals surface area contributed by atoms with Crippen molar-refractivity contribution in [1.29, 1.82) is 5.41 Å². The summed E-state index contributed by atoms with van der Waals surface area (Å²) in [7, 11) is 0. The van der Waals surface area contributed by atoms with Gasteiger partial charge in [-0.25, -0.2) is 0 Å². The van der Waals surface area contributed by atoms with Crippen molar-refractivity contribution >= 4 is 39.2 Å². The number of hydrogen-bond donors (Lipinski definition) is 4. The Morgan fingerprint density at radius 2 is 2.20 bits per heavy atom. The first kappa shape index (κ1) is 12.3. The number of aliphatic carboxylic acids is 1. The normalized spacial score (nSPS) is 7.60. The van der Waals surface area contributed by atoms with E-state index in [1.54, 1.807) is 0 Å². The summed E-state index contributed by atoms with van der Waals surface area (Å²) in [5.74, 6) is -1.10. The molecule has 0 bridgehead atoms. The van der Waals surface area contributed by atoms with Crippen LogP contribution in [0.5, 0.6) is 0 Å². The van der Waals surface area contributed by atoms with E-state index in [0.29, 0.717) is 0 Å². The van der Waals surface area contributed by atoms with E-state index < -0.39 is 5.97 Å². The predicted octanol–water partition coefficient (Wildman–Crippen LogP) is -1.97. The standard InChI is InChI=1S/C4H9N3O2.Pb.2H/c5-4(6)7-2-1-3(8)9;;;/h1-2H2,(H,8,9)(H4,5,6,7);;;. The summed E-state index contributed by atoms with van der Waals surface area (Å²) in [5, 5.41) is 17.0. The fourth-order valence-corrected chi connectivity index (χ4v) is 0.304. The van der Waals surface area contributed by atoms with Crippen LogP contribution in [0.4, 0.5) is 0 Å². The van der Waals surface area contributed by atoms with E-state index in [2.05, 4.69) is 5.32 Å². The molecule has 0 aromatic rings. The molecule has 0 aliphatic rings. The van der Waals surface area contributed by atoms with Gasteiger partial charge in [0, 0.05) is 6.54 Å². The summed E-state index contributed by atoms with van der Waals surface area (Å²) in [6.45, 7) is 0.213. The number of carbonyl (C=O) groups is 1. The average Bonchev–Trinajstić information content (AvgIpc) is 1.63. The summed E-state index contributed by atoms with van der Waals surface area (Å²) in [5.41, 5.74) is 4.86. The van der Waals surface area contributed by atoms with Crippen LogP contribution >= 0.6 is 0 Å². The molecule has 0 heterocycles. The van der Waals surface area contributed by atoms with Crippen LogP contribution in [0.2, 0.25) is 0 Å². The summed E-state index contributed by atoms with van der Waals surface area (Å²) >= 11 is 0. The van der Waals surface area contributed by atoms with Crippen LogP contribution < -0.4 is 11.1 Å². The van der Waals surface area contributed by atoms with Crippen LogP contribution in [0.25, 0.3) is 0 Å². The van der Waals surface area contributed by atoms with Gasteiger partial charge >= 0.3 is 33.3 Å². The van der Waals surface area contributed by atoms with Gasteiger partial charge in [-0.05, 0) is 0 Å². The zero-order chi connectivity index (χ0) is 7.28. The molecule has 2 radical (unpaired) electrons. The molecular weight excluding hydrogens is 329 g/mol. The third kappa shape index (κ3) is 10.6. The van der Waals surface area contributed by atoms with Crippen molar-refractivity contribution in [3.05, 3.63) is 0 Å². The van der Waals surface area contributed by atoms with Crippen molar-refractivity contribution in [1.82, 2.24) is 5.32 Å². The molecule has 0 rings (SSSR count). The van der Waals surface area contributed by atoms with E-state index in [1.807, 2.05) is 0 Å². The van der Waals surface area contributed by atoms with E-state index in [0.717, 1.165) is 0 Å². The van der Waals surface area contributed by atoms with Crippen molar-refractivity contribution in [3.8, 4) is 0 Å². The van der Waals surface area contributed by atoms with Crippen LogP contribution in [0.1, 0.15) is 6.42 Å². The van der Waals surface area contributed by atoms with Crippen molar-refractivity contribution in [2.75, 3.05) is 6.54 Å². The molecule has 0 saturated heterocycles. The molecule has 5 N–H and O–H groups in total. The first-order valence-corrected chi connectivity index (χ1v) is 2.42. The minimum absolute atomic E-state index is 0. The zero-order valence-corrected chi connectivity index (χ0v) is 11.1. The van der Waals surface area contributed by atoms with Crippen molar-refractivity contribution in [3.63, 3.8) is 0 Å². The molecule has 6 heteroatoms. The molecule has 0 aliphatic heterocycles. The third-order valence-corrected chi connectivity index (χ3v) is 0.654. The molecule has 0 saturated carbocycles. The van der Waals surface area contributed by atoms with Gasteiger partial charge in [0.15, 0.2) is 5.96 Å². The fourth-order valence-electron chi connectivity index (χ4n) is 0.304. The molecule has 0 fully saturated rings. The van der Waals surface area contributed by atoms with Gasteiger partial charge in [-0.2, -0.15) is 0 Å². The Hall–Kier alpha value is -0.338. The maximum absolute atomic E-state index is 9.83. The van der Waals surface area contributed by atoms with E-state index in [-0.39, 0.29) is 46.2 Å². The van der Waals surface area contributed by atoms with Crippen LogP contribution in [0.15, 0.2) is 0 Å². The first-order valence-electron chi connectivity index (χ1n) is 2.42. The summed E-state index contributed by atoms with van der Waals surface area (Å²) in [6.07, 6.45) is -0.0143. The van der Waals surface area contributed by atoms with Crippen LogP contribution in [0.3, 0.4) is 0 Å². The molecule has 0 spiro atoms. The van der Waals surface area contributed by atoms with Gasteiger partial charge in [-0.3, -0.25) is 10.2 Å². The van der Waals surface area contributed by atoms with E-state index >= 15 is 0 Å². The number of hydrogen-bond acceptors (Lipinski definition) is 2. The van der Waals surface area contributed by atoms with Crippen molar-refractivity contribution in [2.45, 2.75) is 6.42 Å². The number of carboxylic acid groups (broad SMARTS) is 1. The summed E-state index contributed by atoms with van der Waals surface area (Å²) < 4.78 is 0. The fraction of sp³-hybridized carbons (Fsp3) is 0.500. The maximum atomic E-state index is 9.83. The van der Waals surface area contributed by atoms with E-state index in [9.17, 15) is 4.79 Å². The van der Waals surface area contributed by atoms with Crippen LogP contribution in [-0.2, 0) is 4.79 Å². The molecule has 0 aromatic heterocycles. The molecule has 5 nitrogen and oxygen atoms in total. The Balaban J connectivity index is 0. The van der Waals surface area contributed by atoms with Gasteiger partial charge in [0.25, 0.3) is 0 Å². The SMILES string of the molecule is N=C(N)NCCC(=O)O.[PbH2]. The number of guanidine groups is 1. The number of rotatable bonds is 3. The molecule has 0 atom stereocenters. The van der Waals surface area contributed by atoms with E-state index in [1.165, 1.54) is 0 Å². The first-order chi connectivity index (χ1) is 4.13. The van der Waals surface area contributed by atoms with Gasteiger partial charge in [0.1, 0.15) is 0 Å². The third-order valence-electron chi connectivity index (χ3n) is 0.654. The zero-order valence-electron chi connectivity index (χ0n) is 5.55. The van der Waals surface area contributed by atoms with Crippen LogP contribution in [-0.4, -0.2) is 50.9 Å². The van der Waals surface area contributed by atoms with Crippen molar-refractivity contribution < 1.29 is 9.90 Å². The average molecular weight is 340 g/mol. The molecular formula is C4H11N3O2Pb. The van der Waals surface area contributed by atoms with E-state index in [4.69, 9.17) is 16.2 Å². The second kappa shape index (κ2) is 6.78. The topological polar surface area (TPSA) is 99.2 Å². The Bertz CT molecular complexity index is 114.